The number of rotatable bonds is 3. The van der Waals surface area contributed by atoms with E-state index in [1.807, 2.05) is 49.4 Å². The summed E-state index contributed by atoms with van der Waals surface area (Å²) in [5.74, 6) is 0.819. The van der Waals surface area contributed by atoms with Crippen molar-refractivity contribution in [1.29, 1.82) is 0 Å². The summed E-state index contributed by atoms with van der Waals surface area (Å²) in [6.45, 7) is 4.19. The first-order valence-electron chi connectivity index (χ1n) is 8.06. The standard InChI is InChI=1S/C19H19N3O/c1-3-17-20-16-12-8-7-11-15(16)19(23)22(17)21-13(2)18(21)14-9-5-4-6-10-14/h4-13,18H,3H2,1-2H3/t13-,18-,21?/m1/s1. The molecule has 23 heavy (non-hydrogen) atoms. The van der Waals surface area contributed by atoms with Crippen LogP contribution in [0, 0.1) is 0 Å². The molecule has 4 rings (SSSR count). The molecule has 0 aliphatic carbocycles. The summed E-state index contributed by atoms with van der Waals surface area (Å²) in [6, 6.07) is 18.4. The number of para-hydroxylation sites is 1. The number of nitrogens with zero attached hydrogens (tertiary/aromatic N) is 3. The molecule has 4 nitrogen and oxygen atoms in total. The third-order valence-corrected chi connectivity index (χ3v) is 4.58. The molecule has 4 heteroatoms. The summed E-state index contributed by atoms with van der Waals surface area (Å²) in [5.41, 5.74) is 2.04. The molecule has 1 saturated heterocycles. The lowest BCUT2D eigenvalue weighted by Gasteiger charge is -2.15. The minimum absolute atomic E-state index is 0.0257. The van der Waals surface area contributed by atoms with E-state index in [1.165, 1.54) is 5.56 Å². The normalized spacial score (nSPS) is 20.0. The zero-order chi connectivity index (χ0) is 16.0. The molecule has 2 aromatic carbocycles. The van der Waals surface area contributed by atoms with Crippen LogP contribution in [-0.2, 0) is 6.42 Å². The summed E-state index contributed by atoms with van der Waals surface area (Å²) in [7, 11) is 0. The lowest BCUT2D eigenvalue weighted by atomic mass is 10.1. The molecule has 2 heterocycles. The molecule has 0 bridgehead atoms. The summed E-state index contributed by atoms with van der Waals surface area (Å²) < 4.78 is 1.78. The maximum Gasteiger partial charge on any atom is 0.280 e. The van der Waals surface area contributed by atoms with Crippen molar-refractivity contribution in [2.75, 3.05) is 5.01 Å². The maximum atomic E-state index is 13.0. The third kappa shape index (κ3) is 2.13. The number of aromatic nitrogens is 2. The van der Waals surface area contributed by atoms with Gasteiger partial charge in [-0.25, -0.2) is 9.66 Å². The summed E-state index contributed by atoms with van der Waals surface area (Å²) >= 11 is 0. The zero-order valence-corrected chi connectivity index (χ0v) is 13.3. The fourth-order valence-corrected chi connectivity index (χ4v) is 3.36. The first kappa shape index (κ1) is 14.0. The largest absolute Gasteiger partial charge is 0.294 e. The molecule has 0 spiro atoms. The van der Waals surface area contributed by atoms with E-state index in [0.29, 0.717) is 11.4 Å². The van der Waals surface area contributed by atoms with Gasteiger partial charge in [-0.15, -0.1) is 0 Å². The van der Waals surface area contributed by atoms with Crippen molar-refractivity contribution in [3.05, 3.63) is 76.3 Å². The average molecular weight is 305 g/mol. The first-order chi connectivity index (χ1) is 11.2. The van der Waals surface area contributed by atoms with E-state index in [9.17, 15) is 4.79 Å². The van der Waals surface area contributed by atoms with Crippen LogP contribution in [0.1, 0.15) is 31.3 Å². The molecule has 116 valence electrons. The molecular formula is C19H19N3O. The first-order valence-corrected chi connectivity index (χ1v) is 8.06. The number of hydrogen-bond acceptors (Lipinski definition) is 3. The molecule has 2 atom stereocenters. The molecule has 0 radical (unpaired) electrons. The monoisotopic (exact) mass is 305 g/mol. The van der Waals surface area contributed by atoms with Crippen LogP contribution in [0.25, 0.3) is 10.9 Å². The highest BCUT2D eigenvalue weighted by molar-refractivity contribution is 5.77. The van der Waals surface area contributed by atoms with Crippen molar-refractivity contribution in [1.82, 2.24) is 9.66 Å². The van der Waals surface area contributed by atoms with Gasteiger partial charge in [0.05, 0.1) is 23.0 Å². The summed E-state index contributed by atoms with van der Waals surface area (Å²) in [4.78, 5) is 17.7. The second-order valence-electron chi connectivity index (χ2n) is 5.99. The molecule has 0 N–H and O–H groups in total. The SMILES string of the molecule is CCc1nc2ccccc2c(=O)n1N1[C@H](C)[C@@H]1c1ccccc1. The minimum atomic E-state index is 0.0257. The molecule has 1 aliphatic heterocycles. The highest BCUT2D eigenvalue weighted by atomic mass is 16.1. The van der Waals surface area contributed by atoms with Crippen molar-refractivity contribution in [2.45, 2.75) is 32.4 Å². The van der Waals surface area contributed by atoms with Crippen molar-refractivity contribution in [3.63, 3.8) is 0 Å². The predicted molar refractivity (Wildman–Crippen MR) is 92.2 cm³/mol. The van der Waals surface area contributed by atoms with Gasteiger partial charge in [-0.1, -0.05) is 49.4 Å². The number of hydrogen-bond donors (Lipinski definition) is 0. The van der Waals surface area contributed by atoms with E-state index in [2.05, 4.69) is 24.1 Å². The van der Waals surface area contributed by atoms with Gasteiger partial charge < -0.3 is 0 Å². The second kappa shape index (κ2) is 5.23. The molecule has 3 aromatic rings. The summed E-state index contributed by atoms with van der Waals surface area (Å²) in [5, 5.41) is 2.81. The Balaban J connectivity index is 1.86. The average Bonchev–Trinajstić information content (AvgIpc) is 3.26. The van der Waals surface area contributed by atoms with E-state index >= 15 is 0 Å². The minimum Gasteiger partial charge on any atom is -0.294 e. The van der Waals surface area contributed by atoms with Crippen molar-refractivity contribution in [3.8, 4) is 0 Å². The molecule has 0 unspecified atom stereocenters. The third-order valence-electron chi connectivity index (χ3n) is 4.58. The van der Waals surface area contributed by atoms with Crippen LogP contribution in [0.4, 0.5) is 0 Å². The Labute approximate surface area is 135 Å². The number of fused-ring (bicyclic) bond motifs is 1. The van der Waals surface area contributed by atoms with Crippen LogP contribution in [0.2, 0.25) is 0 Å². The van der Waals surface area contributed by atoms with Crippen molar-refractivity contribution >= 4 is 10.9 Å². The Morgan fingerprint density at radius 3 is 2.48 bits per heavy atom. The Morgan fingerprint density at radius 1 is 1.04 bits per heavy atom. The zero-order valence-electron chi connectivity index (χ0n) is 13.3. The van der Waals surface area contributed by atoms with Gasteiger partial charge in [0.15, 0.2) is 0 Å². The van der Waals surface area contributed by atoms with Crippen molar-refractivity contribution < 1.29 is 0 Å². The fourth-order valence-electron chi connectivity index (χ4n) is 3.36. The summed E-state index contributed by atoms with van der Waals surface area (Å²) in [6.07, 6.45) is 0.727. The van der Waals surface area contributed by atoms with Crippen LogP contribution in [0.15, 0.2) is 59.4 Å². The quantitative estimate of drug-likeness (QED) is 0.698. The van der Waals surface area contributed by atoms with Gasteiger partial charge >= 0.3 is 0 Å². The van der Waals surface area contributed by atoms with E-state index < -0.39 is 0 Å². The molecular weight excluding hydrogens is 286 g/mol. The van der Waals surface area contributed by atoms with Crippen LogP contribution in [0.3, 0.4) is 0 Å². The van der Waals surface area contributed by atoms with E-state index in [4.69, 9.17) is 4.98 Å². The maximum absolute atomic E-state index is 13.0. The second-order valence-corrected chi connectivity index (χ2v) is 5.99. The topological polar surface area (TPSA) is 37.9 Å². The number of aryl methyl sites for hydroxylation is 1. The van der Waals surface area contributed by atoms with Crippen LogP contribution < -0.4 is 10.6 Å². The predicted octanol–water partition coefficient (Wildman–Crippen LogP) is 3.04. The van der Waals surface area contributed by atoms with Crippen LogP contribution in [0.5, 0.6) is 0 Å². The molecule has 1 fully saturated rings. The fraction of sp³-hybridized carbons (Fsp3) is 0.263. The van der Waals surface area contributed by atoms with Gasteiger partial charge in [0.2, 0.25) is 0 Å². The van der Waals surface area contributed by atoms with Crippen molar-refractivity contribution in [2.24, 2.45) is 0 Å². The Kier molecular flexibility index (Phi) is 3.18. The van der Waals surface area contributed by atoms with Gasteiger partial charge in [-0.3, -0.25) is 9.80 Å². The lowest BCUT2D eigenvalue weighted by Crippen LogP contribution is -2.33. The molecule has 1 aromatic heterocycles. The molecule has 0 amide bonds. The van der Waals surface area contributed by atoms with Gasteiger partial charge in [0.25, 0.3) is 5.56 Å². The van der Waals surface area contributed by atoms with Gasteiger partial charge in [0.1, 0.15) is 5.82 Å². The lowest BCUT2D eigenvalue weighted by molar-refractivity contribution is 0.679. The van der Waals surface area contributed by atoms with E-state index in [0.717, 1.165) is 17.8 Å². The Hall–Kier alpha value is -2.62. The van der Waals surface area contributed by atoms with Gasteiger partial charge in [0, 0.05) is 6.42 Å². The highest BCUT2D eigenvalue weighted by Crippen LogP contribution is 2.40. The molecule has 1 aliphatic rings. The smallest absolute Gasteiger partial charge is 0.280 e. The van der Waals surface area contributed by atoms with E-state index in [-0.39, 0.29) is 11.6 Å². The van der Waals surface area contributed by atoms with Gasteiger partial charge in [-0.2, -0.15) is 0 Å². The Bertz CT molecular complexity index is 917. The van der Waals surface area contributed by atoms with Gasteiger partial charge in [-0.05, 0) is 24.6 Å². The van der Waals surface area contributed by atoms with Crippen LogP contribution in [-0.4, -0.2) is 15.7 Å². The number of benzene rings is 2. The van der Waals surface area contributed by atoms with E-state index in [1.54, 1.807) is 4.68 Å². The Morgan fingerprint density at radius 2 is 1.74 bits per heavy atom. The van der Waals surface area contributed by atoms with Crippen LogP contribution >= 0.6 is 0 Å². The highest BCUT2D eigenvalue weighted by Gasteiger charge is 2.47. The molecule has 0 saturated carbocycles.